The molecule has 1 aliphatic heterocycles. The molecule has 1 N–H and O–H groups in total. The van der Waals surface area contributed by atoms with Crippen LogP contribution in [0.3, 0.4) is 0 Å². The van der Waals surface area contributed by atoms with Gasteiger partial charge < -0.3 is 14.3 Å². The van der Waals surface area contributed by atoms with Gasteiger partial charge in [0.15, 0.2) is 0 Å². The molecule has 124 valence electrons. The molecule has 2 aromatic carbocycles. The molecule has 0 amide bonds. The van der Waals surface area contributed by atoms with Crippen molar-refractivity contribution in [3.63, 3.8) is 0 Å². The Bertz CT molecular complexity index is 958. The van der Waals surface area contributed by atoms with Crippen molar-refractivity contribution < 1.29 is 32.2 Å². The maximum atomic E-state index is 13.2. The molecule has 2 heterocycles. The summed E-state index contributed by atoms with van der Waals surface area (Å²) in [6.45, 7) is 0. The van der Waals surface area contributed by atoms with E-state index in [1.807, 2.05) is 0 Å². The quantitative estimate of drug-likeness (QED) is 0.725. The molecule has 4 nitrogen and oxygen atoms in total. The number of furan rings is 1. The second-order valence-electron chi connectivity index (χ2n) is 5.75. The van der Waals surface area contributed by atoms with E-state index in [2.05, 4.69) is 0 Å². The van der Waals surface area contributed by atoms with E-state index in [9.17, 15) is 23.1 Å². The van der Waals surface area contributed by atoms with Crippen LogP contribution in [0.25, 0.3) is 21.9 Å². The molecule has 2 unspecified atom stereocenters. The van der Waals surface area contributed by atoms with Gasteiger partial charge in [0.25, 0.3) is 0 Å². The number of alkyl halides is 3. The van der Waals surface area contributed by atoms with Crippen molar-refractivity contribution >= 4 is 27.9 Å². The number of para-hydroxylation sites is 1. The van der Waals surface area contributed by atoms with Gasteiger partial charge in [0.1, 0.15) is 22.8 Å². The van der Waals surface area contributed by atoms with Crippen LogP contribution in [0.1, 0.15) is 5.56 Å². The van der Waals surface area contributed by atoms with Gasteiger partial charge in [-0.25, -0.2) is 4.79 Å². The van der Waals surface area contributed by atoms with E-state index in [1.165, 1.54) is 6.07 Å². The molecule has 2 atom stereocenters. The van der Waals surface area contributed by atoms with Crippen molar-refractivity contribution in [2.45, 2.75) is 18.7 Å². The number of carboxylic acid groups (broad SMARTS) is 1. The maximum Gasteiger partial charge on any atom is 0.396 e. The summed E-state index contributed by atoms with van der Waals surface area (Å²) in [5.41, 5.74) is 1.34. The Morgan fingerprint density at radius 3 is 2.58 bits per heavy atom. The summed E-state index contributed by atoms with van der Waals surface area (Å²) < 4.78 is 50.6. The van der Waals surface area contributed by atoms with Crippen LogP contribution < -0.4 is 4.74 Å². The maximum absolute atomic E-state index is 13.2. The highest BCUT2D eigenvalue weighted by atomic mass is 19.4. The number of fused-ring (bicyclic) bond motifs is 5. The Balaban J connectivity index is 1.96. The number of hydrogen-bond acceptors (Lipinski definition) is 3. The molecule has 0 saturated carbocycles. The zero-order valence-corrected chi connectivity index (χ0v) is 12.1. The molecule has 0 aliphatic carbocycles. The summed E-state index contributed by atoms with van der Waals surface area (Å²) in [6.07, 6.45) is -7.07. The molecule has 24 heavy (non-hydrogen) atoms. The van der Waals surface area contributed by atoms with E-state index in [-0.39, 0.29) is 5.75 Å². The van der Waals surface area contributed by atoms with Gasteiger partial charge in [-0.05, 0) is 24.1 Å². The van der Waals surface area contributed by atoms with Crippen molar-refractivity contribution in [2.24, 2.45) is 5.92 Å². The average Bonchev–Trinajstić information content (AvgIpc) is 2.91. The number of ether oxygens (including phenoxy) is 1. The Morgan fingerprint density at radius 2 is 1.88 bits per heavy atom. The molecular weight excluding hydrogens is 325 g/mol. The third-order valence-corrected chi connectivity index (χ3v) is 4.29. The molecule has 0 saturated heterocycles. The topological polar surface area (TPSA) is 59.7 Å². The van der Waals surface area contributed by atoms with E-state index < -0.39 is 30.6 Å². The van der Waals surface area contributed by atoms with Crippen LogP contribution >= 0.6 is 0 Å². The second kappa shape index (κ2) is 4.90. The molecule has 3 aromatic rings. The zero-order chi connectivity index (χ0) is 17.1. The molecular formula is C17H11F3O4. The van der Waals surface area contributed by atoms with E-state index in [4.69, 9.17) is 9.15 Å². The minimum absolute atomic E-state index is 0.158. The molecule has 1 aromatic heterocycles. The highest BCUT2D eigenvalue weighted by molar-refractivity contribution is 6.09. The molecule has 0 radical (unpaired) electrons. The summed E-state index contributed by atoms with van der Waals surface area (Å²) in [4.78, 5) is 11.3. The van der Waals surface area contributed by atoms with Gasteiger partial charge in [-0.3, -0.25) is 0 Å². The summed E-state index contributed by atoms with van der Waals surface area (Å²) in [7, 11) is 0. The molecule has 0 spiro atoms. The standard InChI is InChI=1S/C17H11F3O4/c18-17(19,20)10-7-8-5-6-12-13(14(8)24-15(10)16(21)22)9-3-1-2-4-11(9)23-12/h1-6,10,15H,7H2,(H,21,22). The number of halogens is 3. The van der Waals surface area contributed by atoms with Gasteiger partial charge in [-0.1, -0.05) is 24.3 Å². The van der Waals surface area contributed by atoms with Crippen LogP contribution in [-0.2, 0) is 11.2 Å². The summed E-state index contributed by atoms with van der Waals surface area (Å²) in [5.74, 6) is -3.56. The van der Waals surface area contributed by atoms with Crippen LogP contribution in [-0.4, -0.2) is 23.4 Å². The van der Waals surface area contributed by atoms with E-state index in [0.717, 1.165) is 0 Å². The minimum atomic E-state index is -4.66. The first-order chi connectivity index (χ1) is 11.4. The van der Waals surface area contributed by atoms with Crippen LogP contribution in [0.5, 0.6) is 5.75 Å². The fraction of sp³-hybridized carbons (Fsp3) is 0.235. The molecule has 0 fully saturated rings. The fourth-order valence-electron chi connectivity index (χ4n) is 3.19. The first-order valence-corrected chi connectivity index (χ1v) is 7.25. The van der Waals surface area contributed by atoms with Crippen molar-refractivity contribution in [2.75, 3.05) is 0 Å². The third kappa shape index (κ3) is 2.11. The molecule has 0 bridgehead atoms. The van der Waals surface area contributed by atoms with Gasteiger partial charge in [-0.15, -0.1) is 0 Å². The van der Waals surface area contributed by atoms with Crippen LogP contribution in [0, 0.1) is 5.92 Å². The van der Waals surface area contributed by atoms with Crippen LogP contribution in [0.2, 0.25) is 0 Å². The van der Waals surface area contributed by atoms with E-state index >= 15 is 0 Å². The Morgan fingerprint density at radius 1 is 1.12 bits per heavy atom. The summed E-state index contributed by atoms with van der Waals surface area (Å²) >= 11 is 0. The monoisotopic (exact) mass is 336 g/mol. The second-order valence-corrected chi connectivity index (χ2v) is 5.75. The Kier molecular flexibility index (Phi) is 3.03. The van der Waals surface area contributed by atoms with E-state index in [0.29, 0.717) is 27.5 Å². The van der Waals surface area contributed by atoms with Crippen LogP contribution in [0.15, 0.2) is 40.8 Å². The number of rotatable bonds is 1. The number of carboxylic acids is 1. The van der Waals surface area contributed by atoms with Crippen molar-refractivity contribution in [1.29, 1.82) is 0 Å². The summed E-state index contributed by atoms with van der Waals surface area (Å²) in [5, 5.41) is 10.4. The minimum Gasteiger partial charge on any atom is -0.478 e. The van der Waals surface area contributed by atoms with Gasteiger partial charge >= 0.3 is 12.1 Å². The van der Waals surface area contributed by atoms with Gasteiger partial charge in [0.05, 0.1) is 5.39 Å². The lowest BCUT2D eigenvalue weighted by Gasteiger charge is -2.32. The lowest BCUT2D eigenvalue weighted by Crippen LogP contribution is -2.46. The number of benzene rings is 2. The highest BCUT2D eigenvalue weighted by Crippen LogP contribution is 2.45. The van der Waals surface area contributed by atoms with Gasteiger partial charge in [-0.2, -0.15) is 13.2 Å². The lowest BCUT2D eigenvalue weighted by atomic mass is 9.89. The lowest BCUT2D eigenvalue weighted by molar-refractivity contribution is -0.206. The van der Waals surface area contributed by atoms with Crippen molar-refractivity contribution in [1.82, 2.24) is 0 Å². The largest absolute Gasteiger partial charge is 0.478 e. The fourth-order valence-corrected chi connectivity index (χ4v) is 3.19. The Hall–Kier alpha value is -2.70. The molecule has 7 heteroatoms. The highest BCUT2D eigenvalue weighted by Gasteiger charge is 2.51. The normalized spacial score (nSPS) is 20.8. The van der Waals surface area contributed by atoms with Gasteiger partial charge in [0, 0.05) is 5.39 Å². The molecule has 1 aliphatic rings. The first-order valence-electron chi connectivity index (χ1n) is 7.25. The molecule has 4 rings (SSSR count). The van der Waals surface area contributed by atoms with Crippen molar-refractivity contribution in [3.05, 3.63) is 42.0 Å². The smallest absolute Gasteiger partial charge is 0.396 e. The van der Waals surface area contributed by atoms with E-state index in [1.54, 1.807) is 30.3 Å². The predicted molar refractivity (Wildman–Crippen MR) is 79.0 cm³/mol. The summed E-state index contributed by atoms with van der Waals surface area (Å²) in [6, 6.07) is 10.1. The first kappa shape index (κ1) is 14.9. The number of aliphatic carboxylic acids is 1. The van der Waals surface area contributed by atoms with Crippen molar-refractivity contribution in [3.8, 4) is 5.75 Å². The van der Waals surface area contributed by atoms with Gasteiger partial charge in [0.2, 0.25) is 6.10 Å². The zero-order valence-electron chi connectivity index (χ0n) is 12.1. The van der Waals surface area contributed by atoms with Crippen LogP contribution in [0.4, 0.5) is 13.2 Å². The average molecular weight is 336 g/mol. The number of hydrogen-bond donors (Lipinski definition) is 1. The number of carbonyl (C=O) groups is 1. The Labute approximate surface area is 133 Å². The SMILES string of the molecule is O=C(O)C1Oc2c(ccc3oc4ccccc4c23)CC1C(F)(F)F. The third-order valence-electron chi connectivity index (χ3n) is 4.29. The predicted octanol–water partition coefficient (Wildman–Crippen LogP) is 4.15.